The van der Waals surface area contributed by atoms with Crippen molar-refractivity contribution < 1.29 is 9.59 Å². The largest absolute Gasteiger partial charge is 0.368 e. The van der Waals surface area contributed by atoms with Gasteiger partial charge in [0.2, 0.25) is 11.8 Å². The van der Waals surface area contributed by atoms with Crippen molar-refractivity contribution in [2.75, 3.05) is 6.54 Å². The lowest BCUT2D eigenvalue weighted by atomic mass is 10.0. The minimum absolute atomic E-state index is 0.00759. The highest BCUT2D eigenvalue weighted by atomic mass is 16.2. The van der Waals surface area contributed by atoms with Crippen molar-refractivity contribution >= 4 is 11.8 Å². The number of carbonyl (C=O) groups is 2. The van der Waals surface area contributed by atoms with Crippen molar-refractivity contribution in [3.05, 3.63) is 6.42 Å². The van der Waals surface area contributed by atoms with E-state index in [0.29, 0.717) is 12.5 Å². The van der Waals surface area contributed by atoms with Crippen LogP contribution in [0.1, 0.15) is 38.5 Å². The molecule has 1 atom stereocenters. The van der Waals surface area contributed by atoms with Crippen LogP contribution < -0.4 is 5.73 Å². The predicted octanol–water partition coefficient (Wildman–Crippen LogP) is 0.857. The second-order valence-corrected chi connectivity index (χ2v) is 4.80. The average Bonchev–Trinajstić information content (AvgIpc) is 2.86. The van der Waals surface area contributed by atoms with Gasteiger partial charge in [-0.1, -0.05) is 12.8 Å². The summed E-state index contributed by atoms with van der Waals surface area (Å²) in [5.74, 6) is 0.0560. The SMILES string of the molecule is NC(=O)[C@H]1CCCN1C(=O)[CH]C1CCCC1. The van der Waals surface area contributed by atoms with E-state index in [4.69, 9.17) is 5.73 Å². The quantitative estimate of drug-likeness (QED) is 0.771. The molecule has 0 aromatic carbocycles. The van der Waals surface area contributed by atoms with Crippen LogP contribution in [0.2, 0.25) is 0 Å². The van der Waals surface area contributed by atoms with Crippen LogP contribution in [-0.2, 0) is 9.59 Å². The summed E-state index contributed by atoms with van der Waals surface area (Å²) < 4.78 is 0. The third-order valence-corrected chi connectivity index (χ3v) is 3.64. The van der Waals surface area contributed by atoms with E-state index in [1.165, 1.54) is 12.8 Å². The summed E-state index contributed by atoms with van der Waals surface area (Å²) in [6, 6.07) is -0.370. The molecule has 0 aromatic rings. The Balaban J connectivity index is 1.90. The highest BCUT2D eigenvalue weighted by molar-refractivity contribution is 5.91. The second-order valence-electron chi connectivity index (χ2n) is 4.80. The van der Waals surface area contributed by atoms with E-state index in [-0.39, 0.29) is 17.9 Å². The van der Waals surface area contributed by atoms with Gasteiger partial charge in [0, 0.05) is 6.54 Å². The van der Waals surface area contributed by atoms with E-state index in [0.717, 1.165) is 25.7 Å². The van der Waals surface area contributed by atoms with E-state index in [1.807, 2.05) is 0 Å². The van der Waals surface area contributed by atoms with Crippen molar-refractivity contribution in [1.82, 2.24) is 4.90 Å². The van der Waals surface area contributed by atoms with Gasteiger partial charge >= 0.3 is 0 Å². The Morgan fingerprint density at radius 3 is 2.44 bits per heavy atom. The van der Waals surface area contributed by atoms with Gasteiger partial charge in [-0.05, 0) is 31.6 Å². The van der Waals surface area contributed by atoms with Crippen molar-refractivity contribution in [2.24, 2.45) is 11.7 Å². The standard InChI is InChI=1S/C12H19N2O2/c13-12(16)10-6-3-7-14(10)11(15)8-9-4-1-2-5-9/h8-10H,1-7H2,(H2,13,16)/t10-/m1/s1. The molecule has 1 saturated carbocycles. The molecule has 0 aromatic heterocycles. The van der Waals surface area contributed by atoms with Crippen molar-refractivity contribution in [2.45, 2.75) is 44.6 Å². The highest BCUT2D eigenvalue weighted by Gasteiger charge is 2.33. The summed E-state index contributed by atoms with van der Waals surface area (Å²) in [6.45, 7) is 0.676. The fourth-order valence-electron chi connectivity index (χ4n) is 2.75. The molecule has 2 fully saturated rings. The lowest BCUT2D eigenvalue weighted by Gasteiger charge is -2.23. The number of rotatable bonds is 3. The Labute approximate surface area is 96.2 Å². The Bertz CT molecular complexity index is 285. The number of hydrogen-bond donors (Lipinski definition) is 1. The number of amides is 2. The molecule has 2 N–H and O–H groups in total. The van der Waals surface area contributed by atoms with Crippen LogP contribution in [0.5, 0.6) is 0 Å². The molecular formula is C12H19N2O2. The number of primary amides is 1. The molecule has 0 bridgehead atoms. The summed E-state index contributed by atoms with van der Waals surface area (Å²) in [4.78, 5) is 24.8. The van der Waals surface area contributed by atoms with Crippen LogP contribution in [0, 0.1) is 12.3 Å². The Hall–Kier alpha value is -1.06. The van der Waals surface area contributed by atoms with Crippen LogP contribution in [0.25, 0.3) is 0 Å². The average molecular weight is 223 g/mol. The number of likely N-dealkylation sites (tertiary alicyclic amines) is 1. The number of hydrogen-bond acceptors (Lipinski definition) is 2. The lowest BCUT2D eigenvalue weighted by Crippen LogP contribution is -2.44. The van der Waals surface area contributed by atoms with Crippen molar-refractivity contribution in [1.29, 1.82) is 0 Å². The maximum absolute atomic E-state index is 12.0. The molecule has 1 aliphatic heterocycles. The molecule has 2 aliphatic rings. The molecule has 0 spiro atoms. The first-order valence-corrected chi connectivity index (χ1v) is 6.13. The third-order valence-electron chi connectivity index (χ3n) is 3.64. The first-order chi connectivity index (χ1) is 7.68. The molecule has 1 aliphatic carbocycles. The molecule has 89 valence electrons. The lowest BCUT2D eigenvalue weighted by molar-refractivity contribution is -0.135. The van der Waals surface area contributed by atoms with Gasteiger partial charge in [0.1, 0.15) is 6.04 Å². The number of nitrogens with zero attached hydrogens (tertiary/aromatic N) is 1. The minimum atomic E-state index is -0.370. The monoisotopic (exact) mass is 223 g/mol. The third kappa shape index (κ3) is 2.36. The molecule has 2 rings (SSSR count). The van der Waals surface area contributed by atoms with Gasteiger partial charge in [-0.15, -0.1) is 0 Å². The zero-order valence-corrected chi connectivity index (χ0v) is 9.52. The number of nitrogens with two attached hydrogens (primary N) is 1. The molecule has 1 saturated heterocycles. The smallest absolute Gasteiger partial charge is 0.240 e. The van der Waals surface area contributed by atoms with Gasteiger partial charge in [0.15, 0.2) is 0 Å². The van der Waals surface area contributed by atoms with E-state index in [9.17, 15) is 9.59 Å². The van der Waals surface area contributed by atoms with E-state index in [2.05, 4.69) is 0 Å². The van der Waals surface area contributed by atoms with Gasteiger partial charge in [-0.2, -0.15) is 0 Å². The predicted molar refractivity (Wildman–Crippen MR) is 60.2 cm³/mol. The molecular weight excluding hydrogens is 204 g/mol. The topological polar surface area (TPSA) is 63.4 Å². The van der Waals surface area contributed by atoms with Crippen LogP contribution in [0.4, 0.5) is 0 Å². The van der Waals surface area contributed by atoms with Gasteiger partial charge in [0.05, 0.1) is 6.42 Å². The summed E-state index contributed by atoms with van der Waals surface area (Å²) in [6.07, 6.45) is 8.06. The Kier molecular flexibility index (Phi) is 3.46. The summed E-state index contributed by atoms with van der Waals surface area (Å²) in [7, 11) is 0. The molecule has 16 heavy (non-hydrogen) atoms. The maximum atomic E-state index is 12.0. The van der Waals surface area contributed by atoms with Crippen LogP contribution in [0.3, 0.4) is 0 Å². The molecule has 2 amide bonds. The summed E-state index contributed by atoms with van der Waals surface area (Å²) in [5.41, 5.74) is 5.29. The molecule has 4 nitrogen and oxygen atoms in total. The first kappa shape index (κ1) is 11.4. The number of carbonyl (C=O) groups excluding carboxylic acids is 2. The minimum Gasteiger partial charge on any atom is -0.368 e. The van der Waals surface area contributed by atoms with Crippen LogP contribution in [-0.4, -0.2) is 29.3 Å². The Morgan fingerprint density at radius 1 is 1.12 bits per heavy atom. The van der Waals surface area contributed by atoms with Crippen LogP contribution >= 0.6 is 0 Å². The second kappa shape index (κ2) is 4.85. The molecule has 1 heterocycles. The molecule has 0 unspecified atom stereocenters. The fourth-order valence-corrected chi connectivity index (χ4v) is 2.75. The zero-order chi connectivity index (χ0) is 11.5. The van der Waals surface area contributed by atoms with E-state index in [1.54, 1.807) is 11.3 Å². The van der Waals surface area contributed by atoms with E-state index >= 15 is 0 Å². The first-order valence-electron chi connectivity index (χ1n) is 6.13. The highest BCUT2D eigenvalue weighted by Crippen LogP contribution is 2.28. The van der Waals surface area contributed by atoms with E-state index < -0.39 is 0 Å². The van der Waals surface area contributed by atoms with Crippen molar-refractivity contribution in [3.63, 3.8) is 0 Å². The summed E-state index contributed by atoms with van der Waals surface area (Å²) in [5, 5.41) is 0. The van der Waals surface area contributed by atoms with Crippen LogP contribution in [0.15, 0.2) is 0 Å². The normalized spacial score (nSPS) is 26.2. The maximum Gasteiger partial charge on any atom is 0.240 e. The van der Waals surface area contributed by atoms with Gasteiger partial charge in [-0.25, -0.2) is 0 Å². The van der Waals surface area contributed by atoms with Gasteiger partial charge < -0.3 is 10.6 Å². The summed E-state index contributed by atoms with van der Waals surface area (Å²) >= 11 is 0. The van der Waals surface area contributed by atoms with Crippen molar-refractivity contribution in [3.8, 4) is 0 Å². The van der Waals surface area contributed by atoms with Gasteiger partial charge in [0.25, 0.3) is 0 Å². The molecule has 1 radical (unpaired) electrons. The fraction of sp³-hybridized carbons (Fsp3) is 0.750. The van der Waals surface area contributed by atoms with Gasteiger partial charge in [-0.3, -0.25) is 9.59 Å². The zero-order valence-electron chi connectivity index (χ0n) is 9.52. The molecule has 4 heteroatoms. The Morgan fingerprint density at radius 2 is 1.81 bits per heavy atom.